The standard InChI is InChI=1S/C17H26N4O2S/c1-13(2)8-20(9-14(3)4)16(22)11-24-17-19-18-12-21(17)10-15-6-5-7-23-15/h5-7,12-14H,8-11H2,1-4H3. The van der Waals surface area contributed by atoms with Crippen LogP contribution in [0.5, 0.6) is 0 Å². The van der Waals surface area contributed by atoms with Crippen LogP contribution in [0.25, 0.3) is 0 Å². The zero-order chi connectivity index (χ0) is 17.5. The van der Waals surface area contributed by atoms with E-state index in [1.165, 1.54) is 11.8 Å². The molecular weight excluding hydrogens is 324 g/mol. The minimum Gasteiger partial charge on any atom is -0.467 e. The molecular formula is C17H26N4O2S. The Balaban J connectivity index is 1.94. The van der Waals surface area contributed by atoms with Gasteiger partial charge in [-0.1, -0.05) is 39.5 Å². The molecule has 1 amide bonds. The molecule has 24 heavy (non-hydrogen) atoms. The number of hydrogen-bond acceptors (Lipinski definition) is 5. The van der Waals surface area contributed by atoms with E-state index in [0.29, 0.717) is 24.1 Å². The van der Waals surface area contributed by atoms with Crippen LogP contribution in [-0.2, 0) is 11.3 Å². The molecule has 0 N–H and O–H groups in total. The van der Waals surface area contributed by atoms with Gasteiger partial charge in [0.15, 0.2) is 5.16 Å². The molecule has 0 atom stereocenters. The highest BCUT2D eigenvalue weighted by Gasteiger charge is 2.18. The van der Waals surface area contributed by atoms with Gasteiger partial charge in [-0.05, 0) is 24.0 Å². The van der Waals surface area contributed by atoms with E-state index in [9.17, 15) is 4.79 Å². The topological polar surface area (TPSA) is 64.2 Å². The van der Waals surface area contributed by atoms with Crippen molar-refractivity contribution in [2.24, 2.45) is 11.8 Å². The van der Waals surface area contributed by atoms with Gasteiger partial charge in [-0.25, -0.2) is 0 Å². The van der Waals surface area contributed by atoms with Crippen molar-refractivity contribution in [3.05, 3.63) is 30.5 Å². The normalized spacial score (nSPS) is 11.4. The summed E-state index contributed by atoms with van der Waals surface area (Å²) in [5.74, 6) is 2.27. The predicted octanol–water partition coefficient (Wildman–Crippen LogP) is 3.15. The van der Waals surface area contributed by atoms with E-state index in [1.807, 2.05) is 21.6 Å². The lowest BCUT2D eigenvalue weighted by Gasteiger charge is -2.26. The van der Waals surface area contributed by atoms with Crippen LogP contribution in [0, 0.1) is 11.8 Å². The number of aromatic nitrogens is 3. The molecule has 0 aliphatic rings. The van der Waals surface area contributed by atoms with E-state index >= 15 is 0 Å². The summed E-state index contributed by atoms with van der Waals surface area (Å²) >= 11 is 1.42. The van der Waals surface area contributed by atoms with Gasteiger partial charge in [-0.2, -0.15) is 0 Å². The fourth-order valence-electron chi connectivity index (χ4n) is 2.41. The van der Waals surface area contributed by atoms with E-state index in [4.69, 9.17) is 4.42 Å². The molecule has 0 fully saturated rings. The zero-order valence-corrected chi connectivity index (χ0v) is 15.6. The summed E-state index contributed by atoms with van der Waals surface area (Å²) in [6, 6.07) is 3.76. The van der Waals surface area contributed by atoms with Crippen molar-refractivity contribution >= 4 is 17.7 Å². The lowest BCUT2D eigenvalue weighted by Crippen LogP contribution is -2.38. The van der Waals surface area contributed by atoms with Crippen LogP contribution in [-0.4, -0.2) is 44.4 Å². The van der Waals surface area contributed by atoms with Gasteiger partial charge >= 0.3 is 0 Å². The first-order chi connectivity index (χ1) is 11.5. The first-order valence-electron chi connectivity index (χ1n) is 8.26. The molecule has 0 spiro atoms. The van der Waals surface area contributed by atoms with Crippen molar-refractivity contribution < 1.29 is 9.21 Å². The van der Waals surface area contributed by atoms with Gasteiger partial charge in [0.25, 0.3) is 0 Å². The van der Waals surface area contributed by atoms with Crippen LogP contribution < -0.4 is 0 Å². The van der Waals surface area contributed by atoms with Crippen LogP contribution in [0.1, 0.15) is 33.5 Å². The molecule has 132 valence electrons. The quantitative estimate of drug-likeness (QED) is 0.650. The molecule has 0 bridgehead atoms. The zero-order valence-electron chi connectivity index (χ0n) is 14.8. The van der Waals surface area contributed by atoms with Crippen molar-refractivity contribution in [3.63, 3.8) is 0 Å². The fourth-order valence-corrected chi connectivity index (χ4v) is 3.23. The highest BCUT2D eigenvalue weighted by Crippen LogP contribution is 2.18. The summed E-state index contributed by atoms with van der Waals surface area (Å²) in [6.07, 6.45) is 3.31. The van der Waals surface area contributed by atoms with Gasteiger partial charge in [-0.15, -0.1) is 10.2 Å². The summed E-state index contributed by atoms with van der Waals surface area (Å²) in [7, 11) is 0. The molecule has 0 saturated carbocycles. The second-order valence-corrected chi connectivity index (χ2v) is 7.64. The van der Waals surface area contributed by atoms with E-state index < -0.39 is 0 Å². The maximum absolute atomic E-state index is 12.6. The lowest BCUT2D eigenvalue weighted by atomic mass is 10.1. The smallest absolute Gasteiger partial charge is 0.233 e. The van der Waals surface area contributed by atoms with Crippen molar-refractivity contribution in [2.45, 2.75) is 39.4 Å². The third-order valence-electron chi connectivity index (χ3n) is 3.33. The van der Waals surface area contributed by atoms with Crippen molar-refractivity contribution in [2.75, 3.05) is 18.8 Å². The van der Waals surface area contributed by atoms with E-state index in [2.05, 4.69) is 37.9 Å². The SMILES string of the molecule is CC(C)CN(CC(C)C)C(=O)CSc1nncn1Cc1ccco1. The van der Waals surface area contributed by atoms with E-state index in [0.717, 1.165) is 24.0 Å². The third-order valence-corrected chi connectivity index (χ3v) is 4.30. The van der Waals surface area contributed by atoms with Crippen LogP contribution in [0.2, 0.25) is 0 Å². The Kier molecular flexibility index (Phi) is 6.90. The van der Waals surface area contributed by atoms with Gasteiger partial charge in [0, 0.05) is 13.1 Å². The molecule has 2 heterocycles. The van der Waals surface area contributed by atoms with Crippen molar-refractivity contribution in [1.29, 1.82) is 0 Å². The minimum atomic E-state index is 0.148. The highest BCUT2D eigenvalue weighted by molar-refractivity contribution is 7.99. The number of nitrogens with zero attached hydrogens (tertiary/aromatic N) is 4. The number of furan rings is 1. The molecule has 0 aliphatic heterocycles. The molecule has 2 aromatic heterocycles. The number of carbonyl (C=O) groups is 1. The molecule has 0 radical (unpaired) electrons. The Hall–Kier alpha value is -1.76. The van der Waals surface area contributed by atoms with Gasteiger partial charge < -0.3 is 13.9 Å². The van der Waals surface area contributed by atoms with Gasteiger partial charge in [0.2, 0.25) is 5.91 Å². The molecule has 0 unspecified atom stereocenters. The Morgan fingerprint density at radius 1 is 1.29 bits per heavy atom. The Morgan fingerprint density at radius 2 is 2.00 bits per heavy atom. The lowest BCUT2D eigenvalue weighted by molar-refractivity contribution is -0.129. The number of rotatable bonds is 9. The molecule has 2 aromatic rings. The summed E-state index contributed by atoms with van der Waals surface area (Å²) in [6.45, 7) is 10.7. The second kappa shape index (κ2) is 8.92. The Morgan fingerprint density at radius 3 is 2.58 bits per heavy atom. The van der Waals surface area contributed by atoms with Crippen molar-refractivity contribution in [1.82, 2.24) is 19.7 Å². The minimum absolute atomic E-state index is 0.148. The molecule has 7 heteroatoms. The largest absolute Gasteiger partial charge is 0.467 e. The number of amides is 1. The van der Waals surface area contributed by atoms with Crippen molar-refractivity contribution in [3.8, 4) is 0 Å². The number of thioether (sulfide) groups is 1. The third kappa shape index (κ3) is 5.70. The summed E-state index contributed by atoms with van der Waals surface area (Å²) in [5, 5.41) is 8.79. The van der Waals surface area contributed by atoms with E-state index in [-0.39, 0.29) is 5.91 Å². The first kappa shape index (κ1) is 18.6. The Bertz CT molecular complexity index is 612. The van der Waals surface area contributed by atoms with Crippen LogP contribution >= 0.6 is 11.8 Å². The maximum atomic E-state index is 12.6. The monoisotopic (exact) mass is 350 g/mol. The highest BCUT2D eigenvalue weighted by atomic mass is 32.2. The molecule has 0 aromatic carbocycles. The second-order valence-electron chi connectivity index (χ2n) is 6.70. The molecule has 6 nitrogen and oxygen atoms in total. The number of carbonyl (C=O) groups excluding carboxylic acids is 1. The van der Waals surface area contributed by atoms with Crippen LogP contribution in [0.3, 0.4) is 0 Å². The predicted molar refractivity (Wildman–Crippen MR) is 94.8 cm³/mol. The van der Waals surface area contributed by atoms with Crippen LogP contribution in [0.4, 0.5) is 0 Å². The summed E-state index contributed by atoms with van der Waals surface area (Å²) in [5.41, 5.74) is 0. The van der Waals surface area contributed by atoms with E-state index in [1.54, 1.807) is 12.6 Å². The first-order valence-corrected chi connectivity index (χ1v) is 9.25. The van der Waals surface area contributed by atoms with Gasteiger partial charge in [0.05, 0.1) is 18.6 Å². The summed E-state index contributed by atoms with van der Waals surface area (Å²) in [4.78, 5) is 14.5. The Labute approximate surface area is 147 Å². The molecule has 2 rings (SSSR count). The molecule has 0 saturated heterocycles. The van der Waals surface area contributed by atoms with Gasteiger partial charge in [-0.3, -0.25) is 4.79 Å². The summed E-state index contributed by atoms with van der Waals surface area (Å²) < 4.78 is 7.25. The number of hydrogen-bond donors (Lipinski definition) is 0. The van der Waals surface area contributed by atoms with Crippen LogP contribution in [0.15, 0.2) is 34.3 Å². The fraction of sp³-hybridized carbons (Fsp3) is 0.588. The van der Waals surface area contributed by atoms with Gasteiger partial charge in [0.1, 0.15) is 12.1 Å². The average Bonchev–Trinajstić information content (AvgIpc) is 3.15. The molecule has 0 aliphatic carbocycles. The average molecular weight is 350 g/mol. The maximum Gasteiger partial charge on any atom is 0.233 e.